The van der Waals surface area contributed by atoms with Crippen molar-refractivity contribution in [3.63, 3.8) is 0 Å². The normalized spacial score (nSPS) is 17.6. The van der Waals surface area contributed by atoms with E-state index in [0.717, 1.165) is 12.0 Å². The minimum Gasteiger partial charge on any atom is -0.394 e. The first-order chi connectivity index (χ1) is 10.3. The third-order valence-electron chi connectivity index (χ3n) is 3.93. The molecule has 0 spiro atoms. The Balaban J connectivity index is 1.71. The van der Waals surface area contributed by atoms with Gasteiger partial charge in [0.05, 0.1) is 19.2 Å². The molecule has 1 atom stereocenters. The van der Waals surface area contributed by atoms with E-state index in [-0.39, 0.29) is 18.6 Å². The smallest absolute Gasteiger partial charge is 0.225 e. The third-order valence-corrected chi connectivity index (χ3v) is 3.93. The molecule has 1 amide bonds. The maximum atomic E-state index is 12.4. The van der Waals surface area contributed by atoms with Crippen LogP contribution in [0.15, 0.2) is 36.9 Å². The van der Waals surface area contributed by atoms with Crippen molar-refractivity contribution in [1.82, 2.24) is 19.7 Å². The largest absolute Gasteiger partial charge is 0.394 e. The lowest BCUT2D eigenvalue weighted by Crippen LogP contribution is -2.41. The molecule has 6 nitrogen and oxygen atoms in total. The van der Waals surface area contributed by atoms with Gasteiger partial charge in [0.15, 0.2) is 0 Å². The first-order valence-electron chi connectivity index (χ1n) is 7.10. The summed E-state index contributed by atoms with van der Waals surface area (Å²) < 4.78 is 1.64. The van der Waals surface area contributed by atoms with Crippen molar-refractivity contribution in [3.8, 4) is 0 Å². The van der Waals surface area contributed by atoms with Gasteiger partial charge < -0.3 is 10.0 Å². The number of hydrogen-bond acceptors (Lipinski definition) is 4. The number of nitrogens with zero attached hydrogens (tertiary/aromatic N) is 4. The molecule has 1 unspecified atom stereocenters. The Morgan fingerprint density at radius 2 is 2.24 bits per heavy atom. The zero-order valence-corrected chi connectivity index (χ0v) is 11.7. The Kier molecular flexibility index (Phi) is 3.96. The Bertz CT molecular complexity index is 612. The summed E-state index contributed by atoms with van der Waals surface area (Å²) in [6.45, 7) is 1.11. The zero-order valence-electron chi connectivity index (χ0n) is 11.7. The number of carbonyl (C=O) groups is 1. The Morgan fingerprint density at radius 1 is 1.38 bits per heavy atom. The van der Waals surface area contributed by atoms with Crippen LogP contribution in [0.3, 0.4) is 0 Å². The molecule has 2 aromatic rings. The lowest BCUT2D eigenvalue weighted by molar-refractivity contribution is -0.135. The molecule has 110 valence electrons. The molecule has 0 radical (unpaired) electrons. The molecule has 21 heavy (non-hydrogen) atoms. The fourth-order valence-electron chi connectivity index (χ4n) is 2.85. The number of rotatable bonds is 4. The lowest BCUT2D eigenvalue weighted by atomic mass is 9.93. The highest BCUT2D eigenvalue weighted by atomic mass is 16.3. The van der Waals surface area contributed by atoms with Crippen molar-refractivity contribution in [1.29, 1.82) is 0 Å². The van der Waals surface area contributed by atoms with Gasteiger partial charge in [-0.2, -0.15) is 5.10 Å². The van der Waals surface area contributed by atoms with Crippen molar-refractivity contribution >= 4 is 5.91 Å². The average molecular weight is 286 g/mol. The van der Waals surface area contributed by atoms with Crippen LogP contribution in [0.25, 0.3) is 0 Å². The summed E-state index contributed by atoms with van der Waals surface area (Å²) in [6.07, 6.45) is 4.25. The minimum atomic E-state index is -0.238. The van der Waals surface area contributed by atoms with E-state index in [9.17, 15) is 9.90 Å². The Labute approximate surface area is 123 Å². The molecule has 1 N–H and O–H groups in total. The first-order valence-corrected chi connectivity index (χ1v) is 7.10. The van der Waals surface area contributed by atoms with Gasteiger partial charge >= 0.3 is 0 Å². The van der Waals surface area contributed by atoms with E-state index in [0.29, 0.717) is 19.5 Å². The number of benzene rings is 1. The minimum absolute atomic E-state index is 0.0408. The van der Waals surface area contributed by atoms with Gasteiger partial charge in [0.25, 0.3) is 0 Å². The Hall–Kier alpha value is -2.21. The SMILES string of the molecule is O=C(CCn1cncn1)N1CCc2ccccc2C1CO. The predicted molar refractivity (Wildman–Crippen MR) is 76.3 cm³/mol. The summed E-state index contributed by atoms with van der Waals surface area (Å²) >= 11 is 0. The number of carbonyl (C=O) groups excluding carboxylic acids is 1. The van der Waals surface area contributed by atoms with E-state index in [1.165, 1.54) is 11.9 Å². The maximum absolute atomic E-state index is 12.4. The molecule has 6 heteroatoms. The van der Waals surface area contributed by atoms with E-state index in [2.05, 4.69) is 16.1 Å². The number of aliphatic hydroxyl groups is 1. The summed E-state index contributed by atoms with van der Waals surface area (Å²) in [5.41, 5.74) is 2.28. The highest BCUT2D eigenvalue weighted by Crippen LogP contribution is 2.29. The monoisotopic (exact) mass is 286 g/mol. The van der Waals surface area contributed by atoms with Crippen molar-refractivity contribution < 1.29 is 9.90 Å². The molecule has 0 saturated carbocycles. The number of aliphatic hydroxyl groups excluding tert-OH is 1. The van der Waals surface area contributed by atoms with Crippen LogP contribution >= 0.6 is 0 Å². The number of aryl methyl sites for hydroxylation is 1. The Morgan fingerprint density at radius 3 is 3.00 bits per heavy atom. The number of fused-ring (bicyclic) bond motifs is 1. The van der Waals surface area contributed by atoms with Gasteiger partial charge in [-0.3, -0.25) is 9.48 Å². The van der Waals surface area contributed by atoms with Gasteiger partial charge in [-0.25, -0.2) is 4.98 Å². The van der Waals surface area contributed by atoms with Crippen LogP contribution in [0.5, 0.6) is 0 Å². The number of amides is 1. The number of hydrogen-bond donors (Lipinski definition) is 1. The zero-order chi connectivity index (χ0) is 14.7. The second-order valence-electron chi connectivity index (χ2n) is 5.14. The van der Waals surface area contributed by atoms with E-state index in [1.54, 1.807) is 15.9 Å². The van der Waals surface area contributed by atoms with Crippen molar-refractivity contribution in [2.75, 3.05) is 13.2 Å². The van der Waals surface area contributed by atoms with Crippen molar-refractivity contribution in [2.24, 2.45) is 0 Å². The number of aromatic nitrogens is 3. The molecule has 0 saturated heterocycles. The summed E-state index contributed by atoms with van der Waals surface area (Å²) in [4.78, 5) is 18.1. The van der Waals surface area contributed by atoms with Crippen molar-refractivity contribution in [3.05, 3.63) is 48.0 Å². The van der Waals surface area contributed by atoms with Crippen LogP contribution in [0.1, 0.15) is 23.6 Å². The van der Waals surface area contributed by atoms with Gasteiger partial charge in [0, 0.05) is 13.0 Å². The highest BCUT2D eigenvalue weighted by Gasteiger charge is 2.29. The summed E-state index contributed by atoms with van der Waals surface area (Å²) in [5, 5.41) is 13.7. The molecular weight excluding hydrogens is 268 g/mol. The molecule has 0 fully saturated rings. The van der Waals surface area contributed by atoms with Gasteiger partial charge in [0.2, 0.25) is 5.91 Å². The van der Waals surface area contributed by atoms with E-state index in [1.807, 2.05) is 18.2 Å². The highest BCUT2D eigenvalue weighted by molar-refractivity contribution is 5.77. The fraction of sp³-hybridized carbons (Fsp3) is 0.400. The van der Waals surface area contributed by atoms with Crippen LogP contribution in [0.2, 0.25) is 0 Å². The van der Waals surface area contributed by atoms with Gasteiger partial charge in [-0.05, 0) is 17.5 Å². The molecule has 0 aliphatic carbocycles. The molecule has 3 rings (SSSR count). The summed E-state index contributed by atoms with van der Waals surface area (Å²) in [5.74, 6) is 0.0408. The van der Waals surface area contributed by atoms with Gasteiger partial charge in [0.1, 0.15) is 12.7 Å². The second-order valence-corrected chi connectivity index (χ2v) is 5.14. The van der Waals surface area contributed by atoms with E-state index >= 15 is 0 Å². The molecule has 1 aromatic heterocycles. The quantitative estimate of drug-likeness (QED) is 0.902. The van der Waals surface area contributed by atoms with Gasteiger partial charge in [-0.1, -0.05) is 24.3 Å². The lowest BCUT2D eigenvalue weighted by Gasteiger charge is -2.36. The summed E-state index contributed by atoms with van der Waals surface area (Å²) in [6, 6.07) is 7.76. The van der Waals surface area contributed by atoms with E-state index in [4.69, 9.17) is 0 Å². The predicted octanol–water partition coefficient (Wildman–Crippen LogP) is 0.786. The third kappa shape index (κ3) is 2.80. The van der Waals surface area contributed by atoms with Crippen molar-refractivity contribution in [2.45, 2.75) is 25.4 Å². The second kappa shape index (κ2) is 6.05. The molecule has 1 aromatic carbocycles. The molecular formula is C15H18N4O2. The van der Waals surface area contributed by atoms with Crippen LogP contribution in [0.4, 0.5) is 0 Å². The van der Waals surface area contributed by atoms with Gasteiger partial charge in [-0.15, -0.1) is 0 Å². The van der Waals surface area contributed by atoms with Crippen LogP contribution in [0, 0.1) is 0 Å². The first kappa shape index (κ1) is 13.8. The maximum Gasteiger partial charge on any atom is 0.225 e. The van der Waals surface area contributed by atoms with E-state index < -0.39 is 0 Å². The molecule has 2 heterocycles. The van der Waals surface area contributed by atoms with Crippen LogP contribution < -0.4 is 0 Å². The average Bonchev–Trinajstić information content (AvgIpc) is 3.04. The van der Waals surface area contributed by atoms with Crippen LogP contribution in [-0.4, -0.2) is 43.8 Å². The molecule has 1 aliphatic rings. The van der Waals surface area contributed by atoms with Crippen LogP contribution in [-0.2, 0) is 17.8 Å². The topological polar surface area (TPSA) is 71.2 Å². The fourth-order valence-corrected chi connectivity index (χ4v) is 2.85. The standard InChI is InChI=1S/C15H18N4O2/c20-9-14-13-4-2-1-3-12(13)5-8-19(14)15(21)6-7-18-11-16-10-17-18/h1-4,10-11,14,20H,5-9H2. The molecule has 1 aliphatic heterocycles. The molecule has 0 bridgehead atoms. The summed E-state index contributed by atoms with van der Waals surface area (Å²) in [7, 11) is 0.